The number of carbonyl (C=O) groups is 3. The van der Waals surface area contributed by atoms with Crippen molar-refractivity contribution in [1.82, 2.24) is 0 Å². The van der Waals surface area contributed by atoms with Gasteiger partial charge in [-0.15, -0.1) is 0 Å². The van der Waals surface area contributed by atoms with Crippen molar-refractivity contribution in [2.75, 3.05) is 0 Å². The van der Waals surface area contributed by atoms with E-state index in [4.69, 9.17) is 30.6 Å². The van der Waals surface area contributed by atoms with Crippen molar-refractivity contribution in [3.05, 3.63) is 0 Å². The third-order valence-electron chi connectivity index (χ3n) is 2.11. The molecule has 0 aliphatic rings. The molecular weight excluding hydrogens is 576 g/mol. The molecule has 0 bridgehead atoms. The predicted octanol–water partition coefficient (Wildman–Crippen LogP) is 3.15. The standard InChI is InChI=1S/3C4H7BrO2.C4H10O3/c3*1-4(2,5)3(6)7;1-2-3-4(5,6)7/h3*1-2H3,(H,6,7);5-7H,2-3H2,1H3. The van der Waals surface area contributed by atoms with Gasteiger partial charge < -0.3 is 30.6 Å². The summed E-state index contributed by atoms with van der Waals surface area (Å²) in [7, 11) is 0. The maximum atomic E-state index is 9.97. The fraction of sp³-hybridized carbons (Fsp3) is 0.812. The lowest BCUT2D eigenvalue weighted by Gasteiger charge is -2.10. The summed E-state index contributed by atoms with van der Waals surface area (Å²) >= 11 is 8.83. The lowest BCUT2D eigenvalue weighted by molar-refractivity contribution is -0.314. The van der Waals surface area contributed by atoms with Crippen molar-refractivity contribution in [2.45, 2.75) is 80.3 Å². The van der Waals surface area contributed by atoms with Crippen molar-refractivity contribution < 1.29 is 45.0 Å². The van der Waals surface area contributed by atoms with E-state index in [9.17, 15) is 14.4 Å². The van der Waals surface area contributed by atoms with Crippen LogP contribution in [0.1, 0.15) is 61.3 Å². The Morgan fingerprint density at radius 2 is 0.786 bits per heavy atom. The Morgan fingerprint density at radius 3 is 0.786 bits per heavy atom. The summed E-state index contributed by atoms with van der Waals surface area (Å²) in [6, 6.07) is 0. The molecule has 0 amide bonds. The number of carboxylic acid groups (broad SMARTS) is 3. The average Bonchev–Trinajstić information content (AvgIpc) is 2.35. The maximum Gasteiger partial charge on any atom is 0.319 e. The number of hydrogen-bond donors (Lipinski definition) is 6. The van der Waals surface area contributed by atoms with Crippen LogP contribution in [0.25, 0.3) is 0 Å². The molecule has 0 atom stereocenters. The summed E-state index contributed by atoms with van der Waals surface area (Å²) < 4.78 is -2.31. The monoisotopic (exact) mass is 604 g/mol. The van der Waals surface area contributed by atoms with Crippen LogP contribution in [0.15, 0.2) is 0 Å². The van der Waals surface area contributed by atoms with Gasteiger partial charge in [0.25, 0.3) is 5.97 Å². The van der Waals surface area contributed by atoms with Crippen LogP contribution in [0.5, 0.6) is 0 Å². The van der Waals surface area contributed by atoms with Gasteiger partial charge in [0.2, 0.25) is 0 Å². The number of carboxylic acids is 3. The summed E-state index contributed by atoms with van der Waals surface area (Å²) in [4.78, 5) is 29.9. The molecule has 0 radical (unpaired) electrons. The Labute approximate surface area is 190 Å². The molecule has 0 heterocycles. The molecule has 0 aromatic heterocycles. The van der Waals surface area contributed by atoms with E-state index in [1.807, 2.05) is 0 Å². The minimum Gasteiger partial charge on any atom is -0.480 e. The normalized spacial score (nSPS) is 11.5. The molecule has 9 nitrogen and oxygen atoms in total. The van der Waals surface area contributed by atoms with Crippen LogP contribution in [-0.4, -0.2) is 67.5 Å². The van der Waals surface area contributed by atoms with Crippen LogP contribution in [-0.2, 0) is 14.4 Å². The van der Waals surface area contributed by atoms with Crippen LogP contribution in [0.4, 0.5) is 0 Å². The number of alkyl halides is 3. The van der Waals surface area contributed by atoms with Gasteiger partial charge in [-0.1, -0.05) is 54.7 Å². The first-order valence-electron chi connectivity index (χ1n) is 7.83. The molecule has 0 saturated heterocycles. The highest BCUT2D eigenvalue weighted by atomic mass is 79.9. The van der Waals surface area contributed by atoms with Gasteiger partial charge in [0, 0.05) is 6.42 Å². The van der Waals surface area contributed by atoms with Crippen molar-refractivity contribution in [2.24, 2.45) is 0 Å². The van der Waals surface area contributed by atoms with Crippen LogP contribution >= 0.6 is 47.8 Å². The highest BCUT2D eigenvalue weighted by Crippen LogP contribution is 2.15. The quantitative estimate of drug-likeness (QED) is 0.203. The number of aliphatic hydroxyl groups is 3. The second kappa shape index (κ2) is 14.7. The number of halogens is 3. The van der Waals surface area contributed by atoms with Crippen LogP contribution < -0.4 is 0 Å². The molecule has 0 aliphatic heterocycles. The zero-order chi connectivity index (χ0) is 24.1. The maximum absolute atomic E-state index is 9.97. The first kappa shape index (κ1) is 35.2. The molecular formula is C16H31Br3O9. The molecule has 12 heteroatoms. The van der Waals surface area contributed by atoms with Crippen molar-refractivity contribution in [3.63, 3.8) is 0 Å². The highest BCUT2D eigenvalue weighted by molar-refractivity contribution is 9.10. The molecule has 0 rings (SSSR count). The Kier molecular flexibility index (Phi) is 18.4. The molecule has 0 spiro atoms. The molecule has 170 valence electrons. The van der Waals surface area contributed by atoms with Gasteiger partial charge in [-0.25, -0.2) is 0 Å². The average molecular weight is 607 g/mol. The lowest BCUT2D eigenvalue weighted by atomic mass is 10.2. The second-order valence-electron chi connectivity index (χ2n) is 6.86. The van der Waals surface area contributed by atoms with E-state index in [2.05, 4.69) is 47.8 Å². The minimum atomic E-state index is -2.45. The van der Waals surface area contributed by atoms with E-state index < -0.39 is 36.9 Å². The van der Waals surface area contributed by atoms with E-state index in [0.717, 1.165) is 0 Å². The zero-order valence-corrected chi connectivity index (χ0v) is 21.7. The number of hydrogen-bond acceptors (Lipinski definition) is 6. The first-order valence-corrected chi connectivity index (χ1v) is 10.2. The SMILES string of the molecule is CC(C)(Br)C(=O)O.CC(C)(Br)C(=O)O.CC(C)(Br)C(=O)O.CCCC(O)(O)O. The van der Waals surface area contributed by atoms with Gasteiger partial charge in [-0.2, -0.15) is 0 Å². The summed E-state index contributed by atoms with van der Waals surface area (Å²) in [5.41, 5.74) is 0. The summed E-state index contributed by atoms with van der Waals surface area (Å²) in [6.07, 6.45) is 0.566. The Morgan fingerprint density at radius 1 is 0.643 bits per heavy atom. The van der Waals surface area contributed by atoms with Crippen LogP contribution in [0.3, 0.4) is 0 Å². The summed E-state index contributed by atoms with van der Waals surface area (Å²) in [5.74, 6) is -4.97. The highest BCUT2D eigenvalue weighted by Gasteiger charge is 2.22. The second-order valence-corrected chi connectivity index (χ2v) is 12.8. The molecule has 0 aromatic rings. The van der Waals surface area contributed by atoms with Crippen molar-refractivity contribution in [3.8, 4) is 0 Å². The van der Waals surface area contributed by atoms with E-state index >= 15 is 0 Å². The Hall–Kier alpha value is -0.270. The van der Waals surface area contributed by atoms with E-state index in [1.165, 1.54) is 0 Å². The predicted molar refractivity (Wildman–Crippen MR) is 116 cm³/mol. The molecule has 28 heavy (non-hydrogen) atoms. The van der Waals surface area contributed by atoms with Crippen molar-refractivity contribution >= 4 is 65.7 Å². The molecule has 0 saturated carbocycles. The fourth-order valence-corrected chi connectivity index (χ4v) is 0.335. The molecule has 6 N–H and O–H groups in total. The number of aliphatic carboxylic acids is 3. The first-order chi connectivity index (χ1) is 11.9. The van der Waals surface area contributed by atoms with E-state index in [-0.39, 0.29) is 6.42 Å². The van der Waals surface area contributed by atoms with Gasteiger partial charge in [0.05, 0.1) is 0 Å². The van der Waals surface area contributed by atoms with E-state index in [0.29, 0.717) is 6.42 Å². The van der Waals surface area contributed by atoms with Gasteiger partial charge in [-0.3, -0.25) is 14.4 Å². The lowest BCUT2D eigenvalue weighted by Crippen LogP contribution is -2.26. The molecule has 0 unspecified atom stereocenters. The molecule has 0 fully saturated rings. The third kappa shape index (κ3) is 33.3. The van der Waals surface area contributed by atoms with Crippen LogP contribution in [0.2, 0.25) is 0 Å². The zero-order valence-electron chi connectivity index (χ0n) is 17.0. The van der Waals surface area contributed by atoms with E-state index in [1.54, 1.807) is 48.5 Å². The van der Waals surface area contributed by atoms with Gasteiger partial charge in [0.15, 0.2) is 0 Å². The third-order valence-corrected chi connectivity index (χ3v) is 3.13. The largest absolute Gasteiger partial charge is 0.480 e. The Bertz CT molecular complexity index is 411. The molecule has 0 aromatic carbocycles. The minimum absolute atomic E-state index is 0.00694. The summed E-state index contributed by atoms with van der Waals surface area (Å²) in [5, 5.41) is 49.0. The molecule has 0 aliphatic carbocycles. The van der Waals surface area contributed by atoms with Gasteiger partial charge in [-0.05, 0) is 48.0 Å². The number of rotatable bonds is 5. The van der Waals surface area contributed by atoms with Crippen molar-refractivity contribution in [1.29, 1.82) is 0 Å². The van der Waals surface area contributed by atoms with Gasteiger partial charge >= 0.3 is 17.9 Å². The van der Waals surface area contributed by atoms with Crippen LogP contribution in [0, 0.1) is 0 Å². The summed E-state index contributed by atoms with van der Waals surface area (Å²) in [6.45, 7) is 11.2. The Balaban J connectivity index is -0.000000137. The fourth-order valence-electron chi connectivity index (χ4n) is 0.335. The topological polar surface area (TPSA) is 173 Å². The smallest absolute Gasteiger partial charge is 0.319 e. The van der Waals surface area contributed by atoms with Gasteiger partial charge in [0.1, 0.15) is 13.0 Å².